The van der Waals surface area contributed by atoms with Gasteiger partial charge in [-0.15, -0.1) is 0 Å². The second-order valence-electron chi connectivity index (χ2n) is 6.26. The van der Waals surface area contributed by atoms with E-state index >= 15 is 0 Å². The smallest absolute Gasteiger partial charge is 0.255 e. The molecule has 5 nitrogen and oxygen atoms in total. The number of aromatic nitrogens is 2. The lowest BCUT2D eigenvalue weighted by Gasteiger charge is -2.11. The zero-order valence-electron chi connectivity index (χ0n) is 15.0. The summed E-state index contributed by atoms with van der Waals surface area (Å²) < 4.78 is 7.82. The van der Waals surface area contributed by atoms with Crippen molar-refractivity contribution < 1.29 is 9.53 Å². The molecule has 0 atom stereocenters. The Morgan fingerprint density at radius 2 is 1.82 bits per heavy atom. The zero-order valence-corrected chi connectivity index (χ0v) is 15.8. The first-order valence-electron chi connectivity index (χ1n) is 8.87. The van der Waals surface area contributed by atoms with Crippen LogP contribution in [0.15, 0.2) is 79.1 Å². The number of nitrogens with one attached hydrogen (secondary N) is 1. The predicted octanol–water partition coefficient (Wildman–Crippen LogP) is 4.50. The van der Waals surface area contributed by atoms with Gasteiger partial charge in [0.1, 0.15) is 18.0 Å². The minimum Gasteiger partial charge on any atom is -0.486 e. The van der Waals surface area contributed by atoms with Crippen LogP contribution in [0, 0.1) is 0 Å². The molecule has 2 aromatic carbocycles. The van der Waals surface area contributed by atoms with Crippen molar-refractivity contribution in [3.63, 3.8) is 0 Å². The molecule has 0 saturated heterocycles. The van der Waals surface area contributed by atoms with Crippen LogP contribution in [0.4, 0.5) is 0 Å². The summed E-state index contributed by atoms with van der Waals surface area (Å²) in [7, 11) is 0. The maximum atomic E-state index is 12.6. The maximum Gasteiger partial charge on any atom is 0.255 e. The predicted molar refractivity (Wildman–Crippen MR) is 109 cm³/mol. The van der Waals surface area contributed by atoms with Crippen molar-refractivity contribution in [2.45, 2.75) is 13.2 Å². The average molecular weight is 392 g/mol. The first kappa shape index (κ1) is 18.1. The molecule has 2 heterocycles. The molecule has 0 saturated carbocycles. The molecule has 28 heavy (non-hydrogen) atoms. The Bertz CT molecular complexity index is 1090. The van der Waals surface area contributed by atoms with Crippen LogP contribution in [0.1, 0.15) is 21.6 Å². The van der Waals surface area contributed by atoms with Crippen molar-refractivity contribution in [2.75, 3.05) is 0 Å². The minimum absolute atomic E-state index is 0.217. The van der Waals surface area contributed by atoms with Gasteiger partial charge in [-0.05, 0) is 35.9 Å². The van der Waals surface area contributed by atoms with E-state index < -0.39 is 0 Å². The maximum absolute atomic E-state index is 12.6. The molecular weight excluding hydrogens is 374 g/mol. The largest absolute Gasteiger partial charge is 0.486 e. The van der Waals surface area contributed by atoms with Crippen LogP contribution in [-0.2, 0) is 13.2 Å². The molecular formula is C22H18ClN3O2. The highest BCUT2D eigenvalue weighted by atomic mass is 35.5. The van der Waals surface area contributed by atoms with Crippen LogP contribution < -0.4 is 10.1 Å². The number of para-hydroxylation sites is 1. The Balaban J connectivity index is 1.45. The summed E-state index contributed by atoms with van der Waals surface area (Å²) in [6.07, 6.45) is 3.84. The molecule has 2 aromatic heterocycles. The molecule has 0 spiro atoms. The van der Waals surface area contributed by atoms with Crippen LogP contribution in [0.25, 0.3) is 5.65 Å². The molecule has 0 aliphatic rings. The Kier molecular flexibility index (Phi) is 5.26. The van der Waals surface area contributed by atoms with Crippen LogP contribution >= 0.6 is 11.6 Å². The van der Waals surface area contributed by atoms with Gasteiger partial charge in [-0.25, -0.2) is 4.98 Å². The van der Waals surface area contributed by atoms with E-state index in [1.165, 1.54) is 0 Å². The highest BCUT2D eigenvalue weighted by Crippen LogP contribution is 2.20. The van der Waals surface area contributed by atoms with E-state index in [9.17, 15) is 4.79 Å². The van der Waals surface area contributed by atoms with Gasteiger partial charge >= 0.3 is 0 Å². The van der Waals surface area contributed by atoms with Gasteiger partial charge in [-0.2, -0.15) is 0 Å². The number of amides is 1. The third-order valence-electron chi connectivity index (χ3n) is 4.32. The lowest BCUT2D eigenvalue weighted by Crippen LogP contribution is -2.23. The lowest BCUT2D eigenvalue weighted by atomic mass is 10.1. The summed E-state index contributed by atoms with van der Waals surface area (Å²) >= 11 is 6.15. The first-order valence-corrected chi connectivity index (χ1v) is 9.24. The van der Waals surface area contributed by atoms with E-state index in [0.717, 1.165) is 16.9 Å². The van der Waals surface area contributed by atoms with Crippen LogP contribution in [0.5, 0.6) is 5.75 Å². The van der Waals surface area contributed by atoms with E-state index in [0.29, 0.717) is 22.9 Å². The van der Waals surface area contributed by atoms with E-state index in [1.807, 2.05) is 65.3 Å². The van der Waals surface area contributed by atoms with Gasteiger partial charge in [0.25, 0.3) is 5.91 Å². The molecule has 0 aliphatic carbocycles. The average Bonchev–Trinajstić information content (AvgIpc) is 3.15. The Morgan fingerprint density at radius 3 is 2.68 bits per heavy atom. The number of pyridine rings is 1. The lowest BCUT2D eigenvalue weighted by molar-refractivity contribution is 0.0946. The number of nitrogens with zero attached hydrogens (tertiary/aromatic N) is 2. The molecule has 1 N–H and O–H groups in total. The zero-order chi connectivity index (χ0) is 19.3. The van der Waals surface area contributed by atoms with E-state index in [1.54, 1.807) is 18.2 Å². The number of carbonyl (C=O) groups excluding carboxylic acids is 1. The number of rotatable bonds is 6. The number of halogens is 1. The van der Waals surface area contributed by atoms with Gasteiger partial charge < -0.3 is 14.5 Å². The fourth-order valence-electron chi connectivity index (χ4n) is 2.90. The Hall–Kier alpha value is -3.31. The number of hydrogen-bond donors (Lipinski definition) is 1. The molecule has 1 amide bonds. The van der Waals surface area contributed by atoms with Gasteiger partial charge in [0.15, 0.2) is 0 Å². The van der Waals surface area contributed by atoms with Gasteiger partial charge in [0.05, 0.1) is 11.3 Å². The molecule has 0 fully saturated rings. The number of carbonyl (C=O) groups is 1. The highest BCUT2D eigenvalue weighted by molar-refractivity contribution is 6.31. The van der Waals surface area contributed by atoms with Crippen LogP contribution in [0.3, 0.4) is 0 Å². The number of fused-ring (bicyclic) bond motifs is 1. The van der Waals surface area contributed by atoms with Gasteiger partial charge in [-0.1, -0.05) is 48.0 Å². The summed E-state index contributed by atoms with van der Waals surface area (Å²) in [5.74, 6) is 0.293. The van der Waals surface area contributed by atoms with Gasteiger partial charge in [0, 0.05) is 24.0 Å². The number of benzene rings is 2. The normalized spacial score (nSPS) is 10.8. The third kappa shape index (κ3) is 4.00. The van der Waals surface area contributed by atoms with E-state index in [2.05, 4.69) is 10.3 Å². The molecule has 4 rings (SSSR count). The molecule has 0 radical (unpaired) electrons. The van der Waals surface area contributed by atoms with Gasteiger partial charge in [0.2, 0.25) is 0 Å². The van der Waals surface area contributed by atoms with Crippen LogP contribution in [0.2, 0.25) is 5.02 Å². The number of hydrogen-bond acceptors (Lipinski definition) is 3. The SMILES string of the molecule is O=C(NCc1ccccc1Cl)c1ccccc1OCc1cn2ccccc2n1. The molecule has 6 heteroatoms. The molecule has 4 aromatic rings. The quantitative estimate of drug-likeness (QED) is 0.526. The standard InChI is InChI=1S/C22H18ClN3O2/c23-19-9-3-1-7-16(19)13-24-22(27)18-8-2-4-10-20(18)28-15-17-14-26-12-6-5-11-21(26)25-17/h1-12,14H,13,15H2,(H,24,27). The summed E-state index contributed by atoms with van der Waals surface area (Å²) in [6, 6.07) is 20.4. The van der Waals surface area contributed by atoms with E-state index in [-0.39, 0.29) is 12.5 Å². The van der Waals surface area contributed by atoms with Crippen LogP contribution in [-0.4, -0.2) is 15.3 Å². The summed E-state index contributed by atoms with van der Waals surface area (Å²) in [5, 5.41) is 3.52. The fraction of sp³-hybridized carbons (Fsp3) is 0.0909. The monoisotopic (exact) mass is 391 g/mol. The number of imidazole rings is 1. The Labute approximate surface area is 167 Å². The van der Waals surface area contributed by atoms with Crippen molar-refractivity contribution in [3.05, 3.63) is 101 Å². The van der Waals surface area contributed by atoms with E-state index in [4.69, 9.17) is 16.3 Å². The summed E-state index contributed by atoms with van der Waals surface area (Å²) in [6.45, 7) is 0.621. The number of ether oxygens (including phenoxy) is 1. The van der Waals surface area contributed by atoms with Crippen molar-refractivity contribution in [3.8, 4) is 5.75 Å². The van der Waals surface area contributed by atoms with Crippen molar-refractivity contribution in [1.29, 1.82) is 0 Å². The highest BCUT2D eigenvalue weighted by Gasteiger charge is 2.13. The Morgan fingerprint density at radius 1 is 1.04 bits per heavy atom. The molecule has 0 bridgehead atoms. The first-order chi connectivity index (χ1) is 13.7. The molecule has 0 aliphatic heterocycles. The second-order valence-corrected chi connectivity index (χ2v) is 6.66. The van der Waals surface area contributed by atoms with Gasteiger partial charge in [-0.3, -0.25) is 4.79 Å². The van der Waals surface area contributed by atoms with Crippen molar-refractivity contribution in [1.82, 2.24) is 14.7 Å². The molecule has 140 valence electrons. The summed E-state index contributed by atoms with van der Waals surface area (Å²) in [4.78, 5) is 17.2. The van der Waals surface area contributed by atoms with Crippen molar-refractivity contribution >= 4 is 23.2 Å². The third-order valence-corrected chi connectivity index (χ3v) is 4.69. The fourth-order valence-corrected chi connectivity index (χ4v) is 3.10. The summed E-state index contributed by atoms with van der Waals surface area (Å²) in [5.41, 5.74) is 2.98. The minimum atomic E-state index is -0.217. The molecule has 0 unspecified atom stereocenters. The second kappa shape index (κ2) is 8.15. The topological polar surface area (TPSA) is 55.6 Å². The van der Waals surface area contributed by atoms with Crippen molar-refractivity contribution in [2.24, 2.45) is 0 Å².